The summed E-state index contributed by atoms with van der Waals surface area (Å²) >= 11 is 0. The average Bonchev–Trinajstić information content (AvgIpc) is 3.76. The second-order valence-electron chi connectivity index (χ2n) is 16.2. The lowest BCUT2D eigenvalue weighted by atomic mass is 9.97. The van der Waals surface area contributed by atoms with Crippen molar-refractivity contribution in [1.29, 1.82) is 0 Å². The smallest absolute Gasteiger partial charge is 0.326 e. The molecule has 0 bridgehead atoms. The number of hydrogen-bond acceptors (Lipinski definition) is 14. The molecule has 0 aliphatic carbocycles. The summed E-state index contributed by atoms with van der Waals surface area (Å²) in [4.78, 5) is 155. The normalized spacial score (nSPS) is 16.7. The lowest BCUT2D eigenvalue weighted by molar-refractivity contribution is -0.145. The second kappa shape index (κ2) is 28.1. The highest BCUT2D eigenvalue weighted by Crippen LogP contribution is 2.21. The molecule has 2 rings (SSSR count). The zero-order valence-electron chi connectivity index (χ0n) is 37.5. The summed E-state index contributed by atoms with van der Waals surface area (Å²) in [5, 5.41) is 60.4. The van der Waals surface area contributed by atoms with E-state index in [-0.39, 0.29) is 45.2 Å². The Morgan fingerprint density at radius 2 is 1.06 bits per heavy atom. The van der Waals surface area contributed by atoms with Crippen molar-refractivity contribution in [3.8, 4) is 0 Å². The third-order valence-electron chi connectivity index (χ3n) is 10.9. The molecule has 1 fully saturated rings. The summed E-state index contributed by atoms with van der Waals surface area (Å²) in [7, 11) is 0. The fourth-order valence-electron chi connectivity index (χ4n) is 7.06. The fourth-order valence-corrected chi connectivity index (χ4v) is 7.06. The summed E-state index contributed by atoms with van der Waals surface area (Å²) in [6, 6.07) is -4.56. The molecule has 0 unspecified atom stereocenters. The summed E-state index contributed by atoms with van der Waals surface area (Å²) in [6.07, 6.45) is -3.27. The zero-order valence-corrected chi connectivity index (χ0v) is 37.5. The number of nitrogens with two attached hydrogens (primary N) is 2. The molecule has 1 aromatic carbocycles. The molecule has 1 aromatic rings. The molecule has 1 aliphatic rings. The van der Waals surface area contributed by atoms with Crippen molar-refractivity contribution in [3.63, 3.8) is 0 Å². The van der Waals surface area contributed by atoms with Gasteiger partial charge in [0.2, 0.25) is 41.4 Å². The number of hydrogen-bond donors (Lipinski definition) is 13. The van der Waals surface area contributed by atoms with Crippen LogP contribution in [-0.2, 0) is 64.0 Å². The predicted molar refractivity (Wildman–Crippen MR) is 233 cm³/mol. The number of carbonyl (C=O) groups excluding carboxylic acids is 7. The van der Waals surface area contributed by atoms with E-state index in [0.717, 1.165) is 5.56 Å². The minimum atomic E-state index is -2.20. The average molecular weight is 964 g/mol. The molecule has 9 atom stereocenters. The van der Waals surface area contributed by atoms with Crippen LogP contribution in [0.2, 0.25) is 0 Å². The van der Waals surface area contributed by atoms with Crippen LogP contribution in [0.15, 0.2) is 30.3 Å². The molecule has 26 heteroatoms. The third-order valence-corrected chi connectivity index (χ3v) is 10.9. The fraction of sp³-hybridized carbons (Fsp3) is 0.571. The largest absolute Gasteiger partial charge is 0.481 e. The van der Waals surface area contributed by atoms with Crippen LogP contribution in [0, 0.1) is 5.92 Å². The van der Waals surface area contributed by atoms with E-state index in [2.05, 4.69) is 16.0 Å². The molecule has 0 saturated carbocycles. The van der Waals surface area contributed by atoms with E-state index in [9.17, 15) is 83.1 Å². The molecule has 15 N–H and O–H groups in total. The van der Waals surface area contributed by atoms with Gasteiger partial charge in [-0.05, 0) is 56.6 Å². The molecule has 0 aromatic heterocycles. The maximum Gasteiger partial charge on any atom is 0.326 e. The van der Waals surface area contributed by atoms with Crippen molar-refractivity contribution in [1.82, 2.24) is 36.8 Å². The SMILES string of the molecule is CC[C@H](C)[C@H](NC(=O)[C@@H]1CCCN1C(=O)[C@@H](N)Cc1ccccc1)C(=O)N[C@@H](CC(=O)O)C(=O)N[C@@H](CC(=O)O)C(=O)N[C@@H](CC(=O)O)C(=O)N[C@@H](CC(=O)O)C(=O)N[C@@H](CCCCN)C(=O)O. The Bertz CT molecular complexity index is 2000. The van der Waals surface area contributed by atoms with Crippen molar-refractivity contribution in [2.45, 2.75) is 133 Å². The topological polar surface area (TPSA) is 433 Å². The van der Waals surface area contributed by atoms with Gasteiger partial charge in [-0.25, -0.2) is 4.79 Å². The highest BCUT2D eigenvalue weighted by molar-refractivity contribution is 6.00. The van der Waals surface area contributed by atoms with E-state index in [0.29, 0.717) is 12.8 Å². The number of carboxylic acid groups (broad SMARTS) is 5. The number of rotatable bonds is 30. The van der Waals surface area contributed by atoms with Gasteiger partial charge in [0.15, 0.2) is 0 Å². The Balaban J connectivity index is 2.31. The summed E-state index contributed by atoms with van der Waals surface area (Å²) in [5.74, 6) is -17.1. The third kappa shape index (κ3) is 18.9. The van der Waals surface area contributed by atoms with Crippen LogP contribution in [0.4, 0.5) is 0 Å². The van der Waals surface area contributed by atoms with Crippen molar-refractivity contribution in [2.24, 2.45) is 17.4 Å². The van der Waals surface area contributed by atoms with Gasteiger partial charge in [0.05, 0.1) is 31.7 Å². The van der Waals surface area contributed by atoms with Crippen LogP contribution >= 0.6 is 0 Å². The van der Waals surface area contributed by atoms with E-state index in [1.165, 1.54) is 4.90 Å². The number of carbonyl (C=O) groups is 12. The Morgan fingerprint density at radius 1 is 0.632 bits per heavy atom. The maximum atomic E-state index is 13.8. The number of carboxylic acids is 5. The van der Waals surface area contributed by atoms with E-state index in [1.807, 2.05) is 16.0 Å². The van der Waals surface area contributed by atoms with Crippen LogP contribution in [-0.4, -0.2) is 163 Å². The molecule has 376 valence electrons. The van der Waals surface area contributed by atoms with Crippen LogP contribution in [0.1, 0.15) is 83.6 Å². The first-order valence-electron chi connectivity index (χ1n) is 21.7. The quantitative estimate of drug-likeness (QED) is 0.0334. The number of nitrogens with zero attached hydrogens (tertiary/aromatic N) is 1. The van der Waals surface area contributed by atoms with E-state index >= 15 is 0 Å². The maximum absolute atomic E-state index is 13.8. The van der Waals surface area contributed by atoms with Gasteiger partial charge in [0.25, 0.3) is 0 Å². The lowest BCUT2D eigenvalue weighted by Gasteiger charge is -2.30. The Hall–Kier alpha value is -7.22. The Morgan fingerprint density at radius 3 is 1.46 bits per heavy atom. The molecule has 0 spiro atoms. The summed E-state index contributed by atoms with van der Waals surface area (Å²) in [6.45, 7) is 3.63. The van der Waals surface area contributed by atoms with Crippen LogP contribution in [0.5, 0.6) is 0 Å². The first kappa shape index (κ1) is 56.9. The predicted octanol–water partition coefficient (Wildman–Crippen LogP) is -3.39. The number of likely N-dealkylation sites (tertiary alicyclic amines) is 1. The summed E-state index contributed by atoms with van der Waals surface area (Å²) < 4.78 is 0. The molecule has 68 heavy (non-hydrogen) atoms. The molecular formula is C42H61N9O17. The monoisotopic (exact) mass is 963 g/mol. The van der Waals surface area contributed by atoms with Crippen LogP contribution < -0.4 is 43.4 Å². The molecule has 26 nitrogen and oxygen atoms in total. The number of aliphatic carboxylic acids is 5. The van der Waals surface area contributed by atoms with Crippen LogP contribution in [0.25, 0.3) is 0 Å². The number of benzene rings is 1. The molecule has 1 aliphatic heterocycles. The van der Waals surface area contributed by atoms with E-state index in [1.54, 1.807) is 44.2 Å². The second-order valence-corrected chi connectivity index (χ2v) is 16.2. The van der Waals surface area contributed by atoms with Gasteiger partial charge < -0.3 is 73.8 Å². The molecule has 7 amide bonds. The molecule has 1 saturated heterocycles. The minimum absolute atomic E-state index is 0.138. The Labute approximate surface area is 389 Å². The molecule has 1 heterocycles. The Kier molecular flexibility index (Phi) is 23.5. The number of nitrogens with one attached hydrogen (secondary N) is 6. The number of unbranched alkanes of at least 4 members (excludes halogenated alkanes) is 1. The van der Waals surface area contributed by atoms with Gasteiger partial charge in [0.1, 0.15) is 42.3 Å². The van der Waals surface area contributed by atoms with Gasteiger partial charge in [-0.15, -0.1) is 0 Å². The van der Waals surface area contributed by atoms with Crippen molar-refractivity contribution in [3.05, 3.63) is 35.9 Å². The highest BCUT2D eigenvalue weighted by Gasteiger charge is 2.40. The number of amides is 7. The van der Waals surface area contributed by atoms with Gasteiger partial charge in [-0.3, -0.25) is 52.7 Å². The van der Waals surface area contributed by atoms with Gasteiger partial charge >= 0.3 is 29.8 Å². The van der Waals surface area contributed by atoms with E-state index < -0.39 is 151 Å². The van der Waals surface area contributed by atoms with Gasteiger partial charge in [0, 0.05) is 6.54 Å². The highest BCUT2D eigenvalue weighted by atomic mass is 16.4. The van der Waals surface area contributed by atoms with E-state index in [4.69, 9.17) is 11.5 Å². The first-order chi connectivity index (χ1) is 32.0. The first-order valence-corrected chi connectivity index (χ1v) is 21.7. The minimum Gasteiger partial charge on any atom is -0.481 e. The van der Waals surface area contributed by atoms with Gasteiger partial charge in [-0.1, -0.05) is 50.6 Å². The molecular weight excluding hydrogens is 903 g/mol. The van der Waals surface area contributed by atoms with Crippen molar-refractivity contribution >= 4 is 71.2 Å². The zero-order chi connectivity index (χ0) is 51.2. The standard InChI is InChI=1S/C42H61N9O17/c1-3-21(2)34(50-39(64)29-13-9-15-51(29)41(66)23(44)16-22-10-5-4-6-11-22)40(65)49-28(20-33(58)59)38(63)48-27(19-32(56)57)37(62)47-26(18-31(54)55)36(61)46-25(17-30(52)53)35(60)45-24(42(67)68)12-7-8-14-43/h4-6,10-11,21,23-29,34H,3,7-9,12-20,43-44H2,1-2H3,(H,45,60)(H,46,61)(H,47,62)(H,48,63)(H,49,65)(H,50,64)(H,52,53)(H,54,55)(H,56,57)(H,58,59)(H,67,68)/t21-,23-,24-,25-,26-,27-,28-,29-,34-/m0/s1. The van der Waals surface area contributed by atoms with Crippen molar-refractivity contribution < 1.29 is 83.1 Å². The van der Waals surface area contributed by atoms with Crippen LogP contribution in [0.3, 0.4) is 0 Å². The lowest BCUT2D eigenvalue weighted by Crippen LogP contribution is -2.61. The van der Waals surface area contributed by atoms with Gasteiger partial charge in [-0.2, -0.15) is 0 Å². The van der Waals surface area contributed by atoms with Crippen molar-refractivity contribution in [2.75, 3.05) is 13.1 Å². The summed E-state index contributed by atoms with van der Waals surface area (Å²) in [5.41, 5.74) is 12.4. The molecule has 0 radical (unpaired) electrons.